The molecule has 3 aromatic rings. The second kappa shape index (κ2) is 11.2. The third-order valence-electron chi connectivity index (χ3n) is 6.94. The van der Waals surface area contributed by atoms with E-state index in [1.807, 2.05) is 25.1 Å². The molecule has 2 aromatic carbocycles. The van der Waals surface area contributed by atoms with Crippen LogP contribution in [0.3, 0.4) is 0 Å². The lowest BCUT2D eigenvalue weighted by Gasteiger charge is -2.41. The number of hydrogen-bond acceptors (Lipinski definition) is 8. The van der Waals surface area contributed by atoms with Crippen LogP contribution in [0.25, 0.3) is 10.2 Å². The van der Waals surface area contributed by atoms with E-state index in [1.54, 1.807) is 11.3 Å². The van der Waals surface area contributed by atoms with Gasteiger partial charge in [-0.25, -0.2) is 4.98 Å². The number of thiazole rings is 1. The quantitative estimate of drug-likeness (QED) is 0.445. The average molecular weight is 549 g/mol. The van der Waals surface area contributed by atoms with Gasteiger partial charge in [-0.2, -0.15) is 13.2 Å². The van der Waals surface area contributed by atoms with Gasteiger partial charge in [-0.15, -0.1) is 11.3 Å². The Labute approximate surface area is 223 Å². The highest BCUT2D eigenvalue weighted by molar-refractivity contribution is 7.18. The van der Waals surface area contributed by atoms with Crippen molar-refractivity contribution in [1.82, 2.24) is 14.8 Å². The highest BCUT2D eigenvalue weighted by atomic mass is 32.1. The molecule has 0 saturated carbocycles. The third-order valence-corrected chi connectivity index (χ3v) is 7.89. The molecule has 11 heteroatoms. The number of aliphatic hydroxyl groups excluding tert-OH is 1. The van der Waals surface area contributed by atoms with Gasteiger partial charge >= 0.3 is 6.18 Å². The zero-order valence-electron chi connectivity index (χ0n) is 21.3. The molecule has 1 fully saturated rings. The zero-order chi connectivity index (χ0) is 26.9. The van der Waals surface area contributed by atoms with Crippen LogP contribution in [0.1, 0.15) is 29.5 Å². The molecular formula is C27H31F3N4O3S. The normalized spacial score (nSPS) is 21.9. The molecule has 0 aliphatic carbocycles. The van der Waals surface area contributed by atoms with Crippen molar-refractivity contribution in [2.45, 2.75) is 44.7 Å². The highest BCUT2D eigenvalue weighted by Gasteiger charge is 2.32. The maximum Gasteiger partial charge on any atom is 0.416 e. The first-order valence-electron chi connectivity index (χ1n) is 12.7. The highest BCUT2D eigenvalue weighted by Crippen LogP contribution is 2.30. The van der Waals surface area contributed by atoms with Crippen molar-refractivity contribution in [3.05, 3.63) is 58.6 Å². The Kier molecular flexibility index (Phi) is 7.90. The number of β-amino-alcohol motifs (C(OH)–C–C–N with tert-alkyl or cyclic N) is 1. The van der Waals surface area contributed by atoms with Crippen molar-refractivity contribution in [2.75, 3.05) is 39.3 Å². The molecule has 2 aliphatic rings. The number of aryl methyl sites for hydroxylation is 1. The van der Waals surface area contributed by atoms with Gasteiger partial charge in [0, 0.05) is 51.3 Å². The van der Waals surface area contributed by atoms with Gasteiger partial charge in [-0.05, 0) is 43.7 Å². The summed E-state index contributed by atoms with van der Waals surface area (Å²) in [5.74, 6) is 0.703. The SMILES string of the molecule is Cc1nc2cc(OC[C@H](O)CN3CCN(C[C@H]4CC(c5ccc(C(F)(F)F)cc5)=NO4)C[C@@H]3C)ccc2s1. The van der Waals surface area contributed by atoms with Gasteiger partial charge in [-0.3, -0.25) is 9.80 Å². The Hall–Kier alpha value is -2.73. The summed E-state index contributed by atoms with van der Waals surface area (Å²) in [4.78, 5) is 14.7. The Morgan fingerprint density at radius 3 is 2.71 bits per heavy atom. The standard InChI is InChI=1S/C27H31F3N4O3S/c1-17-13-33(15-23-12-24(32-37-23)19-3-5-20(6-4-19)27(28,29)30)9-10-34(17)14-21(35)16-36-22-7-8-26-25(11-22)31-18(2)38-26/h3-8,11,17,21,23,35H,9-10,12-16H2,1-2H3/t17-,21+,23+/m0/s1. The third kappa shape index (κ3) is 6.45. The first-order chi connectivity index (χ1) is 18.1. The zero-order valence-corrected chi connectivity index (χ0v) is 22.1. The van der Waals surface area contributed by atoms with Crippen LogP contribution in [0.4, 0.5) is 13.2 Å². The summed E-state index contributed by atoms with van der Waals surface area (Å²) in [5, 5.41) is 15.7. The van der Waals surface area contributed by atoms with Crippen molar-refractivity contribution >= 4 is 27.3 Å². The van der Waals surface area contributed by atoms with Gasteiger partial charge in [0.15, 0.2) is 0 Å². The van der Waals surface area contributed by atoms with E-state index in [0.717, 1.165) is 47.0 Å². The van der Waals surface area contributed by atoms with E-state index < -0.39 is 17.8 Å². The van der Waals surface area contributed by atoms with Crippen molar-refractivity contribution in [1.29, 1.82) is 0 Å². The smallest absolute Gasteiger partial charge is 0.416 e. The fourth-order valence-corrected chi connectivity index (χ4v) is 5.78. The minimum Gasteiger partial charge on any atom is -0.491 e. The molecule has 1 aromatic heterocycles. The number of piperazine rings is 1. The molecule has 0 spiro atoms. The van der Waals surface area contributed by atoms with Crippen LogP contribution < -0.4 is 4.74 Å². The Balaban J connectivity index is 1.05. The Morgan fingerprint density at radius 1 is 1.18 bits per heavy atom. The molecule has 204 valence electrons. The van der Waals surface area contributed by atoms with Crippen molar-refractivity contribution in [3.63, 3.8) is 0 Å². The van der Waals surface area contributed by atoms with E-state index in [9.17, 15) is 18.3 Å². The van der Waals surface area contributed by atoms with Crippen LogP contribution in [0, 0.1) is 6.92 Å². The Morgan fingerprint density at radius 2 is 1.97 bits per heavy atom. The molecule has 1 saturated heterocycles. The maximum atomic E-state index is 12.8. The lowest BCUT2D eigenvalue weighted by atomic mass is 10.0. The number of hydrogen-bond donors (Lipinski definition) is 1. The fraction of sp³-hybridized carbons (Fsp3) is 0.481. The first kappa shape index (κ1) is 26.9. The number of aromatic nitrogens is 1. The molecule has 0 radical (unpaired) electrons. The van der Waals surface area contributed by atoms with Gasteiger partial charge in [0.05, 0.1) is 26.5 Å². The van der Waals surface area contributed by atoms with Gasteiger partial charge in [-0.1, -0.05) is 17.3 Å². The number of oxime groups is 1. The summed E-state index contributed by atoms with van der Waals surface area (Å²) in [6.07, 6.45) is -4.55. The topological polar surface area (TPSA) is 70.4 Å². The minimum absolute atomic E-state index is 0.135. The number of fused-ring (bicyclic) bond motifs is 1. The van der Waals surface area contributed by atoms with Crippen LogP contribution in [-0.2, 0) is 11.0 Å². The van der Waals surface area contributed by atoms with Crippen LogP contribution in [0.15, 0.2) is 47.6 Å². The van der Waals surface area contributed by atoms with E-state index in [1.165, 1.54) is 12.1 Å². The lowest BCUT2D eigenvalue weighted by Crippen LogP contribution is -2.55. The molecular weight excluding hydrogens is 517 g/mol. The summed E-state index contributed by atoms with van der Waals surface area (Å²) in [7, 11) is 0. The summed E-state index contributed by atoms with van der Waals surface area (Å²) < 4.78 is 45.4. The van der Waals surface area contributed by atoms with Crippen LogP contribution in [0.2, 0.25) is 0 Å². The van der Waals surface area contributed by atoms with Gasteiger partial charge < -0.3 is 14.7 Å². The van der Waals surface area contributed by atoms with E-state index in [0.29, 0.717) is 36.5 Å². The molecule has 0 bridgehead atoms. The number of alkyl halides is 3. The number of ether oxygens (including phenoxy) is 1. The molecule has 0 amide bonds. The summed E-state index contributed by atoms with van der Waals surface area (Å²) in [6.45, 7) is 7.99. The first-order valence-corrected chi connectivity index (χ1v) is 13.5. The predicted molar refractivity (Wildman–Crippen MR) is 141 cm³/mol. The molecule has 38 heavy (non-hydrogen) atoms. The summed E-state index contributed by atoms with van der Waals surface area (Å²) >= 11 is 1.64. The summed E-state index contributed by atoms with van der Waals surface area (Å²) in [5.41, 5.74) is 1.56. The minimum atomic E-state index is -4.35. The second-order valence-electron chi connectivity index (χ2n) is 9.98. The van der Waals surface area contributed by atoms with Crippen LogP contribution in [-0.4, -0.2) is 83.2 Å². The monoisotopic (exact) mass is 548 g/mol. The van der Waals surface area contributed by atoms with Crippen molar-refractivity contribution in [3.8, 4) is 5.75 Å². The molecule has 3 atom stereocenters. The molecule has 3 heterocycles. The maximum absolute atomic E-state index is 12.8. The number of aliphatic hydroxyl groups is 1. The van der Waals surface area contributed by atoms with E-state index in [4.69, 9.17) is 9.57 Å². The van der Waals surface area contributed by atoms with Crippen molar-refractivity contribution in [2.24, 2.45) is 5.16 Å². The Bertz CT molecular complexity index is 1280. The van der Waals surface area contributed by atoms with Gasteiger partial charge in [0.2, 0.25) is 0 Å². The predicted octanol–water partition coefficient (Wildman–Crippen LogP) is 4.56. The molecule has 7 nitrogen and oxygen atoms in total. The van der Waals surface area contributed by atoms with Gasteiger partial charge in [0.25, 0.3) is 0 Å². The van der Waals surface area contributed by atoms with Crippen molar-refractivity contribution < 1.29 is 27.9 Å². The second-order valence-corrected chi connectivity index (χ2v) is 11.2. The molecule has 1 N–H and O–H groups in total. The largest absolute Gasteiger partial charge is 0.491 e. The van der Waals surface area contributed by atoms with Crippen LogP contribution in [0.5, 0.6) is 5.75 Å². The van der Waals surface area contributed by atoms with Crippen LogP contribution >= 0.6 is 11.3 Å². The molecule has 0 unspecified atom stereocenters. The lowest BCUT2D eigenvalue weighted by molar-refractivity contribution is -0.137. The van der Waals surface area contributed by atoms with E-state index in [2.05, 4.69) is 26.9 Å². The van der Waals surface area contributed by atoms with E-state index in [-0.39, 0.29) is 18.8 Å². The number of nitrogens with zero attached hydrogens (tertiary/aromatic N) is 4. The average Bonchev–Trinajstić information content (AvgIpc) is 3.49. The fourth-order valence-electron chi connectivity index (χ4n) is 4.97. The number of rotatable bonds is 8. The van der Waals surface area contributed by atoms with E-state index >= 15 is 0 Å². The molecule has 2 aliphatic heterocycles. The van der Waals surface area contributed by atoms with Gasteiger partial charge in [0.1, 0.15) is 24.6 Å². The number of halogens is 3. The molecule has 5 rings (SSSR count). The summed E-state index contributed by atoms with van der Waals surface area (Å²) in [6, 6.07) is 11.1. The number of benzene rings is 2.